The lowest BCUT2D eigenvalue weighted by atomic mass is 10.2. The van der Waals surface area contributed by atoms with E-state index in [2.05, 4.69) is 28.7 Å². The molecule has 1 saturated heterocycles. The maximum Gasteiger partial charge on any atom is 0.226 e. The van der Waals surface area contributed by atoms with Crippen molar-refractivity contribution in [2.24, 2.45) is 0 Å². The molecule has 100 valence electrons. The Morgan fingerprint density at radius 1 is 1.22 bits per heavy atom. The average molecular weight is 251 g/mol. The van der Waals surface area contributed by atoms with Crippen LogP contribution in [0.25, 0.3) is 0 Å². The molecule has 18 heavy (non-hydrogen) atoms. The lowest BCUT2D eigenvalue weighted by Crippen LogP contribution is -2.34. The smallest absolute Gasteiger partial charge is 0.226 e. The number of aromatic hydroxyl groups is 1. The van der Waals surface area contributed by atoms with Crippen molar-refractivity contribution in [3.05, 3.63) is 11.4 Å². The van der Waals surface area contributed by atoms with Crippen LogP contribution in [0.4, 0.5) is 5.95 Å². The Hall–Kier alpha value is -1.36. The van der Waals surface area contributed by atoms with Gasteiger partial charge in [-0.1, -0.05) is 0 Å². The fourth-order valence-corrected chi connectivity index (χ4v) is 2.60. The highest BCUT2D eigenvalue weighted by molar-refractivity contribution is 5.42. The molecule has 5 heteroatoms. The summed E-state index contributed by atoms with van der Waals surface area (Å²) in [5.74, 6) is 0.776. The molecular weight excluding hydrogens is 230 g/mol. The molecule has 0 amide bonds. The van der Waals surface area contributed by atoms with Gasteiger partial charge in [0, 0.05) is 25.1 Å². The van der Waals surface area contributed by atoms with E-state index in [9.17, 15) is 5.11 Å². The van der Waals surface area contributed by atoms with Gasteiger partial charge in [-0.2, -0.15) is 0 Å². The monoisotopic (exact) mass is 251 g/mol. The molecule has 1 aliphatic heterocycles. The quantitative estimate of drug-likeness (QED) is 0.850. The average Bonchev–Trinajstić information content (AvgIpc) is 2.65. The molecule has 2 heterocycles. The van der Waals surface area contributed by atoms with Crippen LogP contribution in [0.5, 0.6) is 5.75 Å². The molecule has 1 fully saturated rings. The minimum absolute atomic E-state index is 0.0193. The number of rotatable bonds is 3. The molecule has 0 spiro atoms. The summed E-state index contributed by atoms with van der Waals surface area (Å²) in [4.78, 5) is 11.0. The summed E-state index contributed by atoms with van der Waals surface area (Å²) in [5.41, 5.74) is 1.11. The van der Waals surface area contributed by atoms with Gasteiger partial charge < -0.3 is 15.1 Å². The van der Waals surface area contributed by atoms with Gasteiger partial charge in [0.25, 0.3) is 0 Å². The van der Waals surface area contributed by atoms with Crippen LogP contribution < -0.4 is 4.90 Å². The van der Waals surface area contributed by atoms with E-state index >= 15 is 0 Å². The van der Waals surface area contributed by atoms with E-state index < -0.39 is 0 Å². The molecule has 2 atom stereocenters. The molecule has 5 nitrogen and oxygen atoms in total. The van der Waals surface area contributed by atoms with Crippen LogP contribution in [0.1, 0.15) is 38.1 Å². The summed E-state index contributed by atoms with van der Waals surface area (Å²) in [6.45, 7) is 6.09. The highest BCUT2D eigenvalue weighted by Gasteiger charge is 2.30. The summed E-state index contributed by atoms with van der Waals surface area (Å²) in [6.07, 6.45) is 2.64. The van der Waals surface area contributed by atoms with Crippen LogP contribution in [0.3, 0.4) is 0 Å². The summed E-state index contributed by atoms with van der Waals surface area (Å²) >= 11 is 0. The minimum Gasteiger partial charge on any atom is -0.504 e. The lowest BCUT2D eigenvalue weighted by molar-refractivity contribution is 0.295. The second-order valence-electron chi connectivity index (χ2n) is 5.06. The lowest BCUT2D eigenvalue weighted by Gasteiger charge is -2.27. The number of aliphatic hydroxyl groups is 1. The number of nitrogens with zero attached hydrogens (tertiary/aromatic N) is 3. The first kappa shape index (κ1) is 13.1. The largest absolute Gasteiger partial charge is 0.504 e. The summed E-state index contributed by atoms with van der Waals surface area (Å²) < 4.78 is 0. The van der Waals surface area contributed by atoms with E-state index in [0.717, 1.165) is 12.8 Å². The molecule has 1 aromatic rings. The van der Waals surface area contributed by atoms with Crippen molar-refractivity contribution in [2.75, 3.05) is 11.5 Å². The molecule has 0 saturated carbocycles. The molecule has 0 aliphatic carbocycles. The van der Waals surface area contributed by atoms with E-state index in [-0.39, 0.29) is 12.4 Å². The number of aryl methyl sites for hydroxylation is 1. The first-order chi connectivity index (χ1) is 8.54. The van der Waals surface area contributed by atoms with Crippen LogP contribution >= 0.6 is 0 Å². The molecular formula is C13H21N3O2. The third-order valence-electron chi connectivity index (χ3n) is 3.65. The van der Waals surface area contributed by atoms with E-state index in [1.54, 1.807) is 6.92 Å². The molecule has 1 aliphatic rings. The van der Waals surface area contributed by atoms with Gasteiger partial charge in [0.2, 0.25) is 5.95 Å². The van der Waals surface area contributed by atoms with E-state index in [4.69, 9.17) is 5.11 Å². The fraction of sp³-hybridized carbons (Fsp3) is 0.692. The summed E-state index contributed by atoms with van der Waals surface area (Å²) in [6, 6.07) is 0.844. The van der Waals surface area contributed by atoms with Gasteiger partial charge in [0.05, 0.1) is 11.4 Å². The summed E-state index contributed by atoms with van der Waals surface area (Å²) in [5, 5.41) is 18.9. The first-order valence-corrected chi connectivity index (χ1v) is 6.50. The van der Waals surface area contributed by atoms with Crippen LogP contribution in [0.2, 0.25) is 0 Å². The Balaban J connectivity index is 2.39. The van der Waals surface area contributed by atoms with Gasteiger partial charge in [0.15, 0.2) is 5.75 Å². The van der Waals surface area contributed by atoms with E-state index in [1.165, 1.54) is 0 Å². The fourth-order valence-electron chi connectivity index (χ4n) is 2.60. The Morgan fingerprint density at radius 3 is 2.39 bits per heavy atom. The molecule has 0 aromatic carbocycles. The second-order valence-corrected chi connectivity index (χ2v) is 5.06. The van der Waals surface area contributed by atoms with E-state index in [1.807, 2.05) is 0 Å². The van der Waals surface area contributed by atoms with Crippen molar-refractivity contribution in [1.29, 1.82) is 0 Å². The molecule has 2 N–H and O–H groups in total. The third kappa shape index (κ3) is 2.27. The van der Waals surface area contributed by atoms with E-state index in [0.29, 0.717) is 35.8 Å². The topological polar surface area (TPSA) is 69.5 Å². The SMILES string of the molecule is Cc1nc(N2C(C)CCC2C)nc(CCO)c1O. The van der Waals surface area contributed by atoms with Crippen molar-refractivity contribution < 1.29 is 10.2 Å². The predicted octanol–water partition coefficient (Wildman–Crippen LogP) is 1.40. The standard InChI is InChI=1S/C13H21N3O2/c1-8-4-5-9(2)16(8)13-14-10(3)12(18)11(15-13)6-7-17/h8-9,17-18H,4-7H2,1-3H3. The van der Waals surface area contributed by atoms with Crippen LogP contribution in [-0.4, -0.2) is 38.9 Å². The van der Waals surface area contributed by atoms with Crippen molar-refractivity contribution >= 4 is 5.95 Å². The number of hydrogen-bond donors (Lipinski definition) is 2. The minimum atomic E-state index is -0.0193. The van der Waals surface area contributed by atoms with Gasteiger partial charge in [-0.3, -0.25) is 0 Å². The maximum atomic E-state index is 9.87. The third-order valence-corrected chi connectivity index (χ3v) is 3.65. The van der Waals surface area contributed by atoms with Crippen LogP contribution in [-0.2, 0) is 6.42 Å². The van der Waals surface area contributed by atoms with Gasteiger partial charge in [-0.25, -0.2) is 9.97 Å². The Kier molecular flexibility index (Phi) is 3.71. The number of aromatic nitrogens is 2. The van der Waals surface area contributed by atoms with Gasteiger partial charge >= 0.3 is 0 Å². The Bertz CT molecular complexity index is 426. The number of anilines is 1. The van der Waals surface area contributed by atoms with Gasteiger partial charge in [-0.05, 0) is 33.6 Å². The molecule has 1 aromatic heterocycles. The zero-order valence-electron chi connectivity index (χ0n) is 11.2. The van der Waals surface area contributed by atoms with Crippen molar-refractivity contribution in [3.63, 3.8) is 0 Å². The highest BCUT2D eigenvalue weighted by atomic mass is 16.3. The zero-order chi connectivity index (χ0) is 13.3. The second kappa shape index (κ2) is 5.10. The van der Waals surface area contributed by atoms with Gasteiger partial charge in [0.1, 0.15) is 0 Å². The van der Waals surface area contributed by atoms with Crippen molar-refractivity contribution in [3.8, 4) is 5.75 Å². The Labute approximate surface area is 107 Å². The van der Waals surface area contributed by atoms with Gasteiger partial charge in [-0.15, -0.1) is 0 Å². The zero-order valence-corrected chi connectivity index (χ0v) is 11.2. The molecule has 2 rings (SSSR count). The van der Waals surface area contributed by atoms with Crippen molar-refractivity contribution in [1.82, 2.24) is 9.97 Å². The number of aliphatic hydroxyl groups excluding tert-OH is 1. The van der Waals surface area contributed by atoms with Crippen molar-refractivity contribution in [2.45, 2.75) is 52.1 Å². The number of hydrogen-bond acceptors (Lipinski definition) is 5. The molecule has 2 unspecified atom stereocenters. The van der Waals surface area contributed by atoms with Crippen LogP contribution in [0, 0.1) is 6.92 Å². The highest BCUT2D eigenvalue weighted by Crippen LogP contribution is 2.30. The first-order valence-electron chi connectivity index (χ1n) is 6.50. The predicted molar refractivity (Wildman–Crippen MR) is 69.9 cm³/mol. The van der Waals surface area contributed by atoms with Crippen LogP contribution in [0.15, 0.2) is 0 Å². The summed E-state index contributed by atoms with van der Waals surface area (Å²) in [7, 11) is 0. The molecule has 0 bridgehead atoms. The Morgan fingerprint density at radius 2 is 1.83 bits per heavy atom. The normalized spacial score (nSPS) is 23.7. The maximum absolute atomic E-state index is 9.87. The molecule has 0 radical (unpaired) electrons.